The highest BCUT2D eigenvalue weighted by molar-refractivity contribution is 5.73. The van der Waals surface area contributed by atoms with Gasteiger partial charge < -0.3 is 14.6 Å². The molecule has 0 radical (unpaired) electrons. The molecule has 0 bridgehead atoms. The van der Waals surface area contributed by atoms with Gasteiger partial charge in [-0.3, -0.25) is 9.69 Å². The standard InChI is InChI=1S/C16H31NO4/c1-15(2,20-5)9-12-21-16(3,4)8-11-17-10-6-7-13(17)14(18)19/h13H,6-12H2,1-5H3,(H,18,19). The Morgan fingerprint density at radius 3 is 2.48 bits per heavy atom. The Morgan fingerprint density at radius 2 is 1.90 bits per heavy atom. The average Bonchev–Trinajstić information content (AvgIpc) is 2.84. The van der Waals surface area contributed by atoms with Crippen molar-refractivity contribution in [3.63, 3.8) is 0 Å². The minimum Gasteiger partial charge on any atom is -0.480 e. The Labute approximate surface area is 128 Å². The van der Waals surface area contributed by atoms with E-state index in [1.54, 1.807) is 7.11 Å². The molecule has 21 heavy (non-hydrogen) atoms. The Kier molecular flexibility index (Phi) is 6.63. The Morgan fingerprint density at radius 1 is 1.24 bits per heavy atom. The molecule has 1 aliphatic rings. The van der Waals surface area contributed by atoms with E-state index in [1.807, 2.05) is 13.8 Å². The van der Waals surface area contributed by atoms with Crippen molar-refractivity contribution in [3.05, 3.63) is 0 Å². The van der Waals surface area contributed by atoms with E-state index in [2.05, 4.69) is 18.7 Å². The van der Waals surface area contributed by atoms with Gasteiger partial charge in [0.05, 0.1) is 17.8 Å². The lowest BCUT2D eigenvalue weighted by Crippen LogP contribution is -2.40. The zero-order valence-corrected chi connectivity index (χ0v) is 14.1. The normalized spacial score (nSPS) is 20.9. The van der Waals surface area contributed by atoms with Gasteiger partial charge in [0.1, 0.15) is 6.04 Å². The van der Waals surface area contributed by atoms with E-state index >= 15 is 0 Å². The van der Waals surface area contributed by atoms with Crippen LogP contribution in [0.4, 0.5) is 0 Å². The van der Waals surface area contributed by atoms with Gasteiger partial charge in [-0.15, -0.1) is 0 Å². The number of likely N-dealkylation sites (tertiary alicyclic amines) is 1. The van der Waals surface area contributed by atoms with Crippen molar-refractivity contribution in [2.24, 2.45) is 0 Å². The summed E-state index contributed by atoms with van der Waals surface area (Å²) in [4.78, 5) is 13.2. The van der Waals surface area contributed by atoms with Gasteiger partial charge in [-0.25, -0.2) is 0 Å². The van der Waals surface area contributed by atoms with Crippen molar-refractivity contribution < 1.29 is 19.4 Å². The number of hydrogen-bond donors (Lipinski definition) is 1. The van der Waals surface area contributed by atoms with Crippen molar-refractivity contribution in [1.82, 2.24) is 4.90 Å². The summed E-state index contributed by atoms with van der Waals surface area (Å²) in [6.45, 7) is 10.5. The number of aliphatic carboxylic acids is 1. The van der Waals surface area contributed by atoms with E-state index in [1.165, 1.54) is 0 Å². The molecule has 1 saturated heterocycles. The molecule has 1 heterocycles. The van der Waals surface area contributed by atoms with Crippen molar-refractivity contribution in [2.45, 2.75) is 70.6 Å². The van der Waals surface area contributed by atoms with E-state index in [9.17, 15) is 9.90 Å². The largest absolute Gasteiger partial charge is 0.480 e. The highest BCUT2D eigenvalue weighted by atomic mass is 16.5. The molecule has 1 unspecified atom stereocenters. The predicted octanol–water partition coefficient (Wildman–Crippen LogP) is 2.54. The summed E-state index contributed by atoms with van der Waals surface area (Å²) in [6, 6.07) is -0.312. The molecular weight excluding hydrogens is 270 g/mol. The molecule has 0 aromatic rings. The molecule has 1 atom stereocenters. The quantitative estimate of drug-likeness (QED) is 0.709. The molecule has 1 N–H and O–H groups in total. The van der Waals surface area contributed by atoms with Crippen LogP contribution in [-0.4, -0.2) is 60.0 Å². The van der Waals surface area contributed by atoms with Gasteiger partial charge in [0, 0.05) is 13.7 Å². The molecule has 0 spiro atoms. The molecule has 0 aromatic heterocycles. The monoisotopic (exact) mass is 301 g/mol. The summed E-state index contributed by atoms with van der Waals surface area (Å²) in [5.41, 5.74) is -0.408. The second kappa shape index (κ2) is 7.56. The van der Waals surface area contributed by atoms with Gasteiger partial charge in [-0.2, -0.15) is 0 Å². The first-order valence-corrected chi connectivity index (χ1v) is 7.83. The lowest BCUT2D eigenvalue weighted by Gasteiger charge is -2.31. The molecule has 0 amide bonds. The fraction of sp³-hybridized carbons (Fsp3) is 0.938. The van der Waals surface area contributed by atoms with Gasteiger partial charge in [-0.1, -0.05) is 0 Å². The molecule has 0 saturated carbocycles. The third kappa shape index (κ3) is 6.32. The number of ether oxygens (including phenoxy) is 2. The lowest BCUT2D eigenvalue weighted by atomic mass is 10.0. The summed E-state index contributed by atoms with van der Waals surface area (Å²) < 4.78 is 11.3. The number of carboxylic acid groups (broad SMARTS) is 1. The molecule has 1 fully saturated rings. The van der Waals surface area contributed by atoms with Crippen LogP contribution >= 0.6 is 0 Å². The third-order valence-corrected chi connectivity index (χ3v) is 4.40. The van der Waals surface area contributed by atoms with E-state index in [-0.39, 0.29) is 17.2 Å². The average molecular weight is 301 g/mol. The minimum atomic E-state index is -0.701. The van der Waals surface area contributed by atoms with E-state index in [0.29, 0.717) is 6.61 Å². The maximum absolute atomic E-state index is 11.2. The van der Waals surface area contributed by atoms with Crippen molar-refractivity contribution in [2.75, 3.05) is 26.8 Å². The van der Waals surface area contributed by atoms with Crippen molar-refractivity contribution in [3.8, 4) is 0 Å². The summed E-state index contributed by atoms with van der Waals surface area (Å²) >= 11 is 0. The highest BCUT2D eigenvalue weighted by Crippen LogP contribution is 2.23. The van der Waals surface area contributed by atoms with Crippen LogP contribution < -0.4 is 0 Å². The van der Waals surface area contributed by atoms with Gasteiger partial charge in [0.15, 0.2) is 0 Å². The summed E-state index contributed by atoms with van der Waals surface area (Å²) in [5, 5.41) is 9.18. The summed E-state index contributed by atoms with van der Waals surface area (Å²) in [5.74, 6) is -0.701. The smallest absolute Gasteiger partial charge is 0.320 e. The maximum Gasteiger partial charge on any atom is 0.320 e. The van der Waals surface area contributed by atoms with E-state index in [4.69, 9.17) is 9.47 Å². The van der Waals surface area contributed by atoms with Gasteiger partial charge >= 0.3 is 5.97 Å². The first kappa shape index (κ1) is 18.4. The molecular formula is C16H31NO4. The molecule has 0 aliphatic carbocycles. The Balaban J connectivity index is 2.34. The summed E-state index contributed by atoms with van der Waals surface area (Å²) in [7, 11) is 1.71. The number of nitrogens with zero attached hydrogens (tertiary/aromatic N) is 1. The van der Waals surface area contributed by atoms with Crippen molar-refractivity contribution >= 4 is 5.97 Å². The van der Waals surface area contributed by atoms with Crippen LogP contribution in [0.2, 0.25) is 0 Å². The fourth-order valence-electron chi connectivity index (χ4n) is 2.53. The highest BCUT2D eigenvalue weighted by Gasteiger charge is 2.31. The number of rotatable bonds is 9. The lowest BCUT2D eigenvalue weighted by molar-refractivity contribution is -0.142. The molecule has 1 rings (SSSR count). The van der Waals surface area contributed by atoms with E-state index < -0.39 is 5.97 Å². The molecule has 124 valence electrons. The van der Waals surface area contributed by atoms with Crippen LogP contribution in [0.1, 0.15) is 53.4 Å². The second-order valence-electron chi connectivity index (χ2n) is 7.10. The van der Waals surface area contributed by atoms with Crippen LogP contribution in [0.25, 0.3) is 0 Å². The third-order valence-electron chi connectivity index (χ3n) is 4.40. The van der Waals surface area contributed by atoms with Gasteiger partial charge in [-0.05, 0) is 59.9 Å². The van der Waals surface area contributed by atoms with Gasteiger partial charge in [0.25, 0.3) is 0 Å². The fourth-order valence-corrected chi connectivity index (χ4v) is 2.53. The topological polar surface area (TPSA) is 59.0 Å². The molecule has 5 heteroatoms. The first-order chi connectivity index (χ1) is 9.67. The van der Waals surface area contributed by atoms with Gasteiger partial charge in [0.2, 0.25) is 0 Å². The Hall–Kier alpha value is -0.650. The molecule has 0 aromatic carbocycles. The Bertz CT molecular complexity index is 341. The van der Waals surface area contributed by atoms with Crippen LogP contribution in [0.5, 0.6) is 0 Å². The second-order valence-corrected chi connectivity index (χ2v) is 7.10. The summed E-state index contributed by atoms with van der Waals surface area (Å²) in [6.07, 6.45) is 3.41. The number of methoxy groups -OCH3 is 1. The zero-order valence-electron chi connectivity index (χ0n) is 14.1. The number of carboxylic acids is 1. The van der Waals surface area contributed by atoms with E-state index in [0.717, 1.165) is 38.8 Å². The van der Waals surface area contributed by atoms with Crippen molar-refractivity contribution in [1.29, 1.82) is 0 Å². The zero-order chi connectivity index (χ0) is 16.1. The predicted molar refractivity (Wildman–Crippen MR) is 82.6 cm³/mol. The van der Waals surface area contributed by atoms with Crippen LogP contribution in [0.15, 0.2) is 0 Å². The van der Waals surface area contributed by atoms with Crippen LogP contribution in [-0.2, 0) is 14.3 Å². The molecule has 1 aliphatic heterocycles. The number of carbonyl (C=O) groups is 1. The SMILES string of the molecule is COC(C)(C)CCOC(C)(C)CCN1CCCC1C(=O)O. The minimum absolute atomic E-state index is 0.167. The maximum atomic E-state index is 11.2. The first-order valence-electron chi connectivity index (χ1n) is 7.83. The van der Waals surface area contributed by atoms with Crippen LogP contribution in [0.3, 0.4) is 0 Å². The number of hydrogen-bond acceptors (Lipinski definition) is 4. The van der Waals surface area contributed by atoms with Crippen LogP contribution in [0, 0.1) is 0 Å². The molecule has 5 nitrogen and oxygen atoms in total.